The highest BCUT2D eigenvalue weighted by Gasteiger charge is 2.41. The smallest absolute Gasteiger partial charge is 0.192 e. The Kier molecular flexibility index (Phi) is 2.87. The molecule has 0 aromatic carbocycles. The normalized spacial score (nSPS) is 36.4. The average Bonchev–Trinajstić information content (AvgIpc) is 2.38. The maximum atomic E-state index is 9.66. The van der Waals surface area contributed by atoms with Crippen molar-refractivity contribution in [1.29, 1.82) is 0 Å². The first kappa shape index (κ1) is 10.7. The molecule has 2 aliphatic heterocycles. The Labute approximate surface area is 91.2 Å². The van der Waals surface area contributed by atoms with Crippen LogP contribution in [-0.2, 0) is 0 Å². The van der Waals surface area contributed by atoms with Gasteiger partial charge in [0, 0.05) is 18.1 Å². The quantitative estimate of drug-likeness (QED) is 0.495. The van der Waals surface area contributed by atoms with E-state index in [-0.39, 0.29) is 12.1 Å². The Hall–Kier alpha value is -0.770. The summed E-state index contributed by atoms with van der Waals surface area (Å²) >= 11 is 0. The molecular formula is C11H21N3O. The summed E-state index contributed by atoms with van der Waals surface area (Å²) in [5.41, 5.74) is 6.01. The van der Waals surface area contributed by atoms with Crippen molar-refractivity contribution in [2.75, 3.05) is 0 Å². The fraction of sp³-hybridized carbons (Fsp3) is 0.909. The molecule has 0 saturated carbocycles. The van der Waals surface area contributed by atoms with Gasteiger partial charge in [-0.1, -0.05) is 0 Å². The predicted molar refractivity (Wildman–Crippen MR) is 60.6 cm³/mol. The Balaban J connectivity index is 2.11. The Morgan fingerprint density at radius 1 is 1.33 bits per heavy atom. The molecule has 2 atom stereocenters. The van der Waals surface area contributed by atoms with E-state index in [0.29, 0.717) is 18.0 Å². The molecule has 2 unspecified atom stereocenters. The van der Waals surface area contributed by atoms with Gasteiger partial charge in [-0.15, -0.1) is 0 Å². The summed E-state index contributed by atoms with van der Waals surface area (Å²) in [7, 11) is 0. The molecular weight excluding hydrogens is 190 g/mol. The lowest BCUT2D eigenvalue weighted by Gasteiger charge is -2.38. The van der Waals surface area contributed by atoms with Crippen LogP contribution in [-0.4, -0.2) is 40.2 Å². The lowest BCUT2D eigenvalue weighted by atomic mass is 10.0. The van der Waals surface area contributed by atoms with E-state index >= 15 is 0 Å². The predicted octanol–water partition coefficient (Wildman–Crippen LogP) is 0.697. The fourth-order valence-corrected chi connectivity index (χ4v) is 2.85. The molecule has 0 aromatic heterocycles. The summed E-state index contributed by atoms with van der Waals surface area (Å²) in [4.78, 5) is 6.63. The number of guanidine groups is 1. The van der Waals surface area contributed by atoms with Gasteiger partial charge >= 0.3 is 0 Å². The van der Waals surface area contributed by atoms with Crippen molar-refractivity contribution >= 4 is 5.96 Å². The Bertz CT molecular complexity index is 251. The minimum absolute atomic E-state index is 0.134. The Morgan fingerprint density at radius 2 is 1.87 bits per heavy atom. The summed E-state index contributed by atoms with van der Waals surface area (Å²) in [5, 5.41) is 9.66. The zero-order chi connectivity index (χ0) is 11.0. The first-order valence-electron chi connectivity index (χ1n) is 5.87. The second kappa shape index (κ2) is 4.00. The number of hydrogen-bond acceptors (Lipinski definition) is 2. The van der Waals surface area contributed by atoms with Crippen LogP contribution in [0.25, 0.3) is 0 Å². The van der Waals surface area contributed by atoms with Crippen LogP contribution in [0.5, 0.6) is 0 Å². The Morgan fingerprint density at radius 3 is 2.33 bits per heavy atom. The fourth-order valence-electron chi connectivity index (χ4n) is 2.85. The molecule has 2 saturated heterocycles. The summed E-state index contributed by atoms with van der Waals surface area (Å²) < 4.78 is 0. The van der Waals surface area contributed by atoms with Gasteiger partial charge in [0.05, 0.1) is 6.10 Å². The molecule has 4 heteroatoms. The van der Waals surface area contributed by atoms with Gasteiger partial charge in [-0.25, -0.2) is 0 Å². The lowest BCUT2D eigenvalue weighted by Crippen LogP contribution is -2.51. The largest absolute Gasteiger partial charge is 0.393 e. The van der Waals surface area contributed by atoms with E-state index in [1.165, 1.54) is 0 Å². The highest BCUT2D eigenvalue weighted by atomic mass is 16.3. The van der Waals surface area contributed by atoms with E-state index in [1.807, 2.05) is 13.8 Å². The summed E-state index contributed by atoms with van der Waals surface area (Å²) in [6.07, 6.45) is 3.87. The molecule has 2 heterocycles. The number of nitrogens with zero attached hydrogens (tertiary/aromatic N) is 2. The first-order valence-corrected chi connectivity index (χ1v) is 5.87. The minimum Gasteiger partial charge on any atom is -0.393 e. The topological polar surface area (TPSA) is 61.8 Å². The summed E-state index contributed by atoms with van der Waals surface area (Å²) in [5.74, 6) is 0.671. The molecule has 0 aliphatic carbocycles. The van der Waals surface area contributed by atoms with Crippen molar-refractivity contribution < 1.29 is 5.11 Å². The molecule has 2 rings (SSSR count). The number of hydrogen-bond donors (Lipinski definition) is 2. The molecule has 2 aliphatic rings. The standard InChI is InChI=1S/C11H21N3O/c1-7(2)13-11(12)14-8-3-4-9(14)6-10(15)5-8/h7-10,15H,3-6H2,1-2H3,(H2,12,13). The van der Waals surface area contributed by atoms with Gasteiger partial charge < -0.3 is 15.7 Å². The molecule has 4 nitrogen and oxygen atoms in total. The summed E-state index contributed by atoms with van der Waals surface area (Å²) in [6.45, 7) is 4.07. The highest BCUT2D eigenvalue weighted by Crippen LogP contribution is 2.35. The van der Waals surface area contributed by atoms with Crippen LogP contribution >= 0.6 is 0 Å². The van der Waals surface area contributed by atoms with Crippen molar-refractivity contribution in [3.63, 3.8) is 0 Å². The number of aliphatic imine (C=N–C) groups is 1. The van der Waals surface area contributed by atoms with Crippen molar-refractivity contribution in [2.24, 2.45) is 10.7 Å². The van der Waals surface area contributed by atoms with E-state index in [9.17, 15) is 5.11 Å². The number of aliphatic hydroxyl groups is 1. The monoisotopic (exact) mass is 211 g/mol. The number of aliphatic hydroxyl groups excluding tert-OH is 1. The number of rotatable bonds is 1. The number of fused-ring (bicyclic) bond motifs is 2. The van der Waals surface area contributed by atoms with Gasteiger partial charge in [0.25, 0.3) is 0 Å². The summed E-state index contributed by atoms with van der Waals surface area (Å²) in [6, 6.07) is 1.08. The van der Waals surface area contributed by atoms with E-state index in [0.717, 1.165) is 25.7 Å². The molecule has 0 spiro atoms. The lowest BCUT2D eigenvalue weighted by molar-refractivity contribution is 0.0703. The molecule has 0 amide bonds. The van der Waals surface area contributed by atoms with Crippen LogP contribution in [0.15, 0.2) is 4.99 Å². The van der Waals surface area contributed by atoms with Crippen LogP contribution in [0.3, 0.4) is 0 Å². The van der Waals surface area contributed by atoms with E-state index in [2.05, 4.69) is 9.89 Å². The second-order valence-electron chi connectivity index (χ2n) is 5.00. The third-order valence-corrected chi connectivity index (χ3v) is 3.36. The van der Waals surface area contributed by atoms with Crippen molar-refractivity contribution in [2.45, 2.75) is 63.8 Å². The molecule has 15 heavy (non-hydrogen) atoms. The highest BCUT2D eigenvalue weighted by molar-refractivity contribution is 5.79. The van der Waals surface area contributed by atoms with Gasteiger partial charge in [0.15, 0.2) is 5.96 Å². The van der Waals surface area contributed by atoms with Crippen molar-refractivity contribution in [3.8, 4) is 0 Å². The van der Waals surface area contributed by atoms with Gasteiger partial charge in [-0.05, 0) is 39.5 Å². The van der Waals surface area contributed by atoms with Crippen molar-refractivity contribution in [3.05, 3.63) is 0 Å². The molecule has 2 fully saturated rings. The van der Waals surface area contributed by atoms with Gasteiger partial charge in [0.1, 0.15) is 0 Å². The second-order valence-corrected chi connectivity index (χ2v) is 5.00. The third kappa shape index (κ3) is 2.09. The molecule has 2 bridgehead atoms. The van der Waals surface area contributed by atoms with Gasteiger partial charge in [-0.2, -0.15) is 0 Å². The van der Waals surface area contributed by atoms with Gasteiger partial charge in [-0.3, -0.25) is 4.99 Å². The molecule has 3 N–H and O–H groups in total. The van der Waals surface area contributed by atoms with E-state index in [1.54, 1.807) is 0 Å². The maximum absolute atomic E-state index is 9.66. The third-order valence-electron chi connectivity index (χ3n) is 3.36. The van der Waals surface area contributed by atoms with Crippen LogP contribution in [0.1, 0.15) is 39.5 Å². The molecule has 86 valence electrons. The molecule has 0 radical (unpaired) electrons. The SMILES string of the molecule is CC(C)N=C(N)N1C2CCC1CC(O)C2. The van der Waals surface area contributed by atoms with E-state index < -0.39 is 0 Å². The van der Waals surface area contributed by atoms with Crippen LogP contribution in [0, 0.1) is 0 Å². The van der Waals surface area contributed by atoms with Gasteiger partial charge in [0.2, 0.25) is 0 Å². The number of nitrogens with two attached hydrogens (primary N) is 1. The minimum atomic E-state index is -0.134. The first-order chi connectivity index (χ1) is 7.08. The maximum Gasteiger partial charge on any atom is 0.192 e. The number of piperidine rings is 1. The van der Waals surface area contributed by atoms with E-state index in [4.69, 9.17) is 5.73 Å². The average molecular weight is 211 g/mol. The zero-order valence-electron chi connectivity index (χ0n) is 9.56. The van der Waals surface area contributed by atoms with Crippen LogP contribution in [0.4, 0.5) is 0 Å². The van der Waals surface area contributed by atoms with Crippen LogP contribution < -0.4 is 5.73 Å². The van der Waals surface area contributed by atoms with Crippen LogP contribution in [0.2, 0.25) is 0 Å². The molecule has 0 aromatic rings. The zero-order valence-corrected chi connectivity index (χ0v) is 9.56. The van der Waals surface area contributed by atoms with Crippen molar-refractivity contribution in [1.82, 2.24) is 4.90 Å².